The van der Waals surface area contributed by atoms with Crippen LogP contribution in [0.4, 0.5) is 0 Å². The van der Waals surface area contributed by atoms with Gasteiger partial charge in [-0.15, -0.1) is 11.3 Å². The normalized spacial score (nSPS) is 14.2. The predicted molar refractivity (Wildman–Crippen MR) is 87.7 cm³/mol. The van der Waals surface area contributed by atoms with E-state index >= 15 is 0 Å². The Labute approximate surface area is 127 Å². The summed E-state index contributed by atoms with van der Waals surface area (Å²) in [5.41, 5.74) is 2.67. The maximum Gasteiger partial charge on any atom is 0.0498 e. The van der Waals surface area contributed by atoms with Gasteiger partial charge in [0.1, 0.15) is 0 Å². The maximum absolute atomic E-state index is 11.4. The van der Waals surface area contributed by atoms with Gasteiger partial charge in [0.05, 0.1) is 0 Å². The first-order chi connectivity index (χ1) is 9.61. The molecule has 0 saturated carbocycles. The van der Waals surface area contributed by atoms with Gasteiger partial charge in [0, 0.05) is 39.4 Å². The first-order valence-corrected chi connectivity index (χ1v) is 9.27. The lowest BCUT2D eigenvalue weighted by Gasteiger charge is -2.14. The van der Waals surface area contributed by atoms with Crippen molar-refractivity contribution in [3.8, 4) is 0 Å². The molecule has 0 amide bonds. The lowest BCUT2D eigenvalue weighted by Crippen LogP contribution is -2.18. The van der Waals surface area contributed by atoms with Crippen molar-refractivity contribution in [1.29, 1.82) is 0 Å². The van der Waals surface area contributed by atoms with Gasteiger partial charge in [-0.1, -0.05) is 19.1 Å². The van der Waals surface area contributed by atoms with Crippen LogP contribution >= 0.6 is 11.3 Å². The molecule has 1 N–H and O–H groups in total. The molecular weight excluding hydrogens is 286 g/mol. The Morgan fingerprint density at radius 2 is 1.95 bits per heavy atom. The summed E-state index contributed by atoms with van der Waals surface area (Å²) in [5, 5.41) is 5.72. The molecule has 0 aliphatic carbocycles. The van der Waals surface area contributed by atoms with Crippen molar-refractivity contribution in [1.82, 2.24) is 5.32 Å². The predicted octanol–water partition coefficient (Wildman–Crippen LogP) is 3.90. The maximum atomic E-state index is 11.4. The lowest BCUT2D eigenvalue weighted by atomic mass is 10.1. The molecule has 2 aromatic rings. The van der Waals surface area contributed by atoms with E-state index in [0.29, 0.717) is 6.04 Å². The van der Waals surface area contributed by atoms with Crippen molar-refractivity contribution in [2.24, 2.45) is 0 Å². The number of aryl methyl sites for hydroxylation is 1. The number of hydrogen-bond acceptors (Lipinski definition) is 3. The Morgan fingerprint density at radius 3 is 2.55 bits per heavy atom. The lowest BCUT2D eigenvalue weighted by molar-refractivity contribution is 0.576. The highest BCUT2D eigenvalue weighted by Gasteiger charge is 2.08. The van der Waals surface area contributed by atoms with E-state index in [4.69, 9.17) is 0 Å². The third-order valence-electron chi connectivity index (χ3n) is 3.50. The Bertz CT molecular complexity index is 574. The minimum absolute atomic E-state index is 0.293. The number of hydrogen-bond donors (Lipinski definition) is 1. The molecule has 1 aromatic heterocycles. The molecule has 4 heteroatoms. The summed E-state index contributed by atoms with van der Waals surface area (Å²) in [4.78, 5) is 2.30. The van der Waals surface area contributed by atoms with E-state index in [1.165, 1.54) is 16.0 Å². The first-order valence-electron chi connectivity index (χ1n) is 6.83. The highest BCUT2D eigenvalue weighted by atomic mass is 32.2. The standard InChI is InChI=1S/C16H21NOS2/c1-4-13-9-10-19-16(13)11-17-12(2)14-5-7-15(8-6-14)20(3)18/h5-10,12,17H,4,11H2,1-3H3/t12-,20+/m0/s1. The van der Waals surface area contributed by atoms with Crippen LogP contribution in [-0.4, -0.2) is 10.5 Å². The molecule has 0 spiro atoms. The van der Waals surface area contributed by atoms with E-state index in [2.05, 4.69) is 42.7 Å². The summed E-state index contributed by atoms with van der Waals surface area (Å²) < 4.78 is 11.4. The molecule has 0 aliphatic heterocycles. The monoisotopic (exact) mass is 307 g/mol. The second kappa shape index (κ2) is 7.16. The SMILES string of the molecule is CCc1ccsc1CN[C@@H](C)c1ccc([S@@](C)=O)cc1. The van der Waals surface area contributed by atoms with Crippen molar-refractivity contribution in [3.63, 3.8) is 0 Å². The van der Waals surface area contributed by atoms with Crippen LogP contribution in [0.2, 0.25) is 0 Å². The van der Waals surface area contributed by atoms with Crippen LogP contribution in [0.3, 0.4) is 0 Å². The molecule has 0 saturated heterocycles. The van der Waals surface area contributed by atoms with Crippen molar-refractivity contribution in [3.05, 3.63) is 51.7 Å². The van der Waals surface area contributed by atoms with E-state index < -0.39 is 10.8 Å². The minimum atomic E-state index is -0.902. The van der Waals surface area contributed by atoms with Gasteiger partial charge in [-0.2, -0.15) is 0 Å². The van der Waals surface area contributed by atoms with Crippen LogP contribution in [-0.2, 0) is 23.8 Å². The summed E-state index contributed by atoms with van der Waals surface area (Å²) in [7, 11) is -0.902. The third-order valence-corrected chi connectivity index (χ3v) is 5.40. The number of rotatable bonds is 6. The van der Waals surface area contributed by atoms with E-state index in [9.17, 15) is 4.21 Å². The molecule has 108 valence electrons. The van der Waals surface area contributed by atoms with Gasteiger partial charge in [-0.3, -0.25) is 4.21 Å². The van der Waals surface area contributed by atoms with Gasteiger partial charge in [-0.25, -0.2) is 0 Å². The highest BCUT2D eigenvalue weighted by molar-refractivity contribution is 7.84. The largest absolute Gasteiger partial charge is 0.305 e. The van der Waals surface area contributed by atoms with Gasteiger partial charge in [0.2, 0.25) is 0 Å². The molecule has 0 bridgehead atoms. The quantitative estimate of drug-likeness (QED) is 0.877. The molecule has 20 heavy (non-hydrogen) atoms. The van der Waals surface area contributed by atoms with Crippen molar-refractivity contribution >= 4 is 22.1 Å². The Kier molecular flexibility index (Phi) is 5.52. The zero-order valence-electron chi connectivity index (χ0n) is 12.2. The Hall–Kier alpha value is -0.970. The van der Waals surface area contributed by atoms with Gasteiger partial charge < -0.3 is 5.32 Å². The van der Waals surface area contributed by atoms with E-state index in [1.807, 2.05) is 23.5 Å². The molecule has 2 rings (SSSR count). The van der Waals surface area contributed by atoms with E-state index in [-0.39, 0.29) is 0 Å². The summed E-state index contributed by atoms with van der Waals surface area (Å²) in [6, 6.07) is 10.5. The van der Waals surface area contributed by atoms with Crippen LogP contribution < -0.4 is 5.32 Å². The molecule has 2 nitrogen and oxygen atoms in total. The van der Waals surface area contributed by atoms with Crippen molar-refractivity contribution in [2.45, 2.75) is 37.8 Å². The van der Waals surface area contributed by atoms with Crippen LogP contribution in [0.1, 0.15) is 35.9 Å². The van der Waals surface area contributed by atoms with Crippen LogP contribution in [0.25, 0.3) is 0 Å². The second-order valence-electron chi connectivity index (χ2n) is 4.85. The summed E-state index contributed by atoms with van der Waals surface area (Å²) in [6.45, 7) is 5.26. The van der Waals surface area contributed by atoms with Crippen molar-refractivity contribution in [2.75, 3.05) is 6.26 Å². The fourth-order valence-corrected chi connectivity index (χ4v) is 3.60. The fraction of sp³-hybridized carbons (Fsp3) is 0.375. The summed E-state index contributed by atoms with van der Waals surface area (Å²) >= 11 is 1.81. The Morgan fingerprint density at radius 1 is 1.25 bits per heavy atom. The molecular formula is C16H21NOS2. The van der Waals surface area contributed by atoms with Gasteiger partial charge >= 0.3 is 0 Å². The van der Waals surface area contributed by atoms with Crippen molar-refractivity contribution < 1.29 is 4.21 Å². The molecule has 0 unspecified atom stereocenters. The summed E-state index contributed by atoms with van der Waals surface area (Å²) in [6.07, 6.45) is 2.80. The first kappa shape index (κ1) is 15.4. The third kappa shape index (κ3) is 3.78. The molecule has 1 heterocycles. The second-order valence-corrected chi connectivity index (χ2v) is 7.23. The number of benzene rings is 1. The van der Waals surface area contributed by atoms with Gasteiger partial charge in [0.25, 0.3) is 0 Å². The highest BCUT2D eigenvalue weighted by Crippen LogP contribution is 2.20. The average molecular weight is 307 g/mol. The topological polar surface area (TPSA) is 29.1 Å². The molecule has 0 fully saturated rings. The van der Waals surface area contributed by atoms with E-state index in [1.54, 1.807) is 6.26 Å². The Balaban J connectivity index is 1.98. The van der Waals surface area contributed by atoms with Crippen LogP contribution in [0.5, 0.6) is 0 Å². The molecule has 2 atom stereocenters. The molecule has 0 radical (unpaired) electrons. The molecule has 1 aromatic carbocycles. The number of thiophene rings is 1. The number of nitrogens with one attached hydrogen (secondary N) is 1. The van der Waals surface area contributed by atoms with Crippen LogP contribution in [0.15, 0.2) is 40.6 Å². The van der Waals surface area contributed by atoms with Gasteiger partial charge in [-0.05, 0) is 48.1 Å². The zero-order valence-corrected chi connectivity index (χ0v) is 13.8. The average Bonchev–Trinajstić information content (AvgIpc) is 2.92. The van der Waals surface area contributed by atoms with E-state index in [0.717, 1.165) is 17.9 Å². The fourth-order valence-electron chi connectivity index (χ4n) is 2.15. The van der Waals surface area contributed by atoms with Gasteiger partial charge in [0.15, 0.2) is 0 Å². The molecule has 0 aliphatic rings. The van der Waals surface area contributed by atoms with Crippen LogP contribution in [0, 0.1) is 0 Å². The smallest absolute Gasteiger partial charge is 0.0498 e. The summed E-state index contributed by atoms with van der Waals surface area (Å²) in [5.74, 6) is 0. The minimum Gasteiger partial charge on any atom is -0.305 e. The zero-order chi connectivity index (χ0) is 14.5.